The molecule has 0 aromatic carbocycles. The van der Waals surface area contributed by atoms with E-state index in [2.05, 4.69) is 0 Å². The normalized spacial score (nSPS) is 11.1. The van der Waals surface area contributed by atoms with Gasteiger partial charge in [-0.3, -0.25) is 0 Å². The van der Waals surface area contributed by atoms with Crippen molar-refractivity contribution in [1.82, 2.24) is 4.90 Å². The average molecular weight is 115 g/mol. The molecule has 0 amide bonds. The van der Waals surface area contributed by atoms with E-state index in [0.717, 1.165) is 12.5 Å². The molecule has 2 N–H and O–H groups in total. The molecule has 0 aliphatic heterocycles. The zero-order valence-electron chi connectivity index (χ0n) is 4.65. The average Bonchev–Trinajstić information content (AvgIpc) is 1.68. The van der Waals surface area contributed by atoms with Gasteiger partial charge in [-0.1, -0.05) is 0 Å². The molecule has 0 rings (SSSR count). The van der Waals surface area contributed by atoms with Gasteiger partial charge in [0.25, 0.3) is 0 Å². The molecule has 0 radical (unpaired) electrons. The Bertz CT molecular complexity index is 86.6. The molecule has 3 heteroatoms. The van der Waals surface area contributed by atoms with E-state index < -0.39 is 0 Å². The van der Waals surface area contributed by atoms with E-state index in [-0.39, 0.29) is 0 Å². The monoisotopic (exact) mass is 115 g/mol. The summed E-state index contributed by atoms with van der Waals surface area (Å²) < 4.78 is 0. The highest BCUT2D eigenvalue weighted by molar-refractivity contribution is 4.81. The number of rotatable bonds is 2. The molecule has 0 heterocycles. The topological polar surface area (TPSA) is 43.7 Å². The third kappa shape index (κ3) is 3.08. The van der Waals surface area contributed by atoms with E-state index in [1.165, 1.54) is 17.3 Å². The van der Waals surface area contributed by atoms with Crippen LogP contribution < -0.4 is 0 Å². The predicted octanol–water partition coefficient (Wildman–Crippen LogP) is 0.977. The van der Waals surface area contributed by atoms with Crippen molar-refractivity contribution in [2.24, 2.45) is 0 Å². The van der Waals surface area contributed by atoms with Crippen LogP contribution in [-0.4, -0.2) is 22.2 Å². The quantitative estimate of drug-likeness (QED) is 0.527. The zero-order chi connectivity index (χ0) is 6.41. The molecule has 46 valence electrons. The number of hydrogen-bond acceptors (Lipinski definition) is 3. The SMILES string of the molecule is CN(C=CO)C=CO. The minimum atomic E-state index is 0.889. The molecule has 0 aromatic rings. The summed E-state index contributed by atoms with van der Waals surface area (Å²) in [5, 5.41) is 16.3. The van der Waals surface area contributed by atoms with Gasteiger partial charge in [0.05, 0.1) is 12.5 Å². The molecule has 8 heavy (non-hydrogen) atoms. The maximum Gasteiger partial charge on any atom is 0.0953 e. The molecule has 0 fully saturated rings. The highest BCUT2D eigenvalue weighted by Gasteiger charge is 1.76. The van der Waals surface area contributed by atoms with E-state index in [9.17, 15) is 0 Å². The summed E-state index contributed by atoms with van der Waals surface area (Å²) in [4.78, 5) is 1.50. The standard InChI is InChI=1S/C5H9NO2/c1-6(2-4-7)3-5-8/h2-5,7-8H,1H3. The van der Waals surface area contributed by atoms with Gasteiger partial charge in [-0.2, -0.15) is 0 Å². The second-order valence-electron chi connectivity index (χ2n) is 1.26. The van der Waals surface area contributed by atoms with Crippen LogP contribution in [0.5, 0.6) is 0 Å². The van der Waals surface area contributed by atoms with Gasteiger partial charge in [0.2, 0.25) is 0 Å². The van der Waals surface area contributed by atoms with Crippen LogP contribution >= 0.6 is 0 Å². The molecule has 0 saturated carbocycles. The highest BCUT2D eigenvalue weighted by Crippen LogP contribution is 1.81. The number of nitrogens with zero attached hydrogens (tertiary/aromatic N) is 1. The van der Waals surface area contributed by atoms with Crippen LogP contribution in [0.4, 0.5) is 0 Å². The van der Waals surface area contributed by atoms with Crippen molar-refractivity contribution in [3.63, 3.8) is 0 Å². The Hall–Kier alpha value is -1.12. The Morgan fingerprint density at radius 1 is 1.12 bits per heavy atom. The van der Waals surface area contributed by atoms with Crippen LogP contribution in [0.1, 0.15) is 0 Å². The maximum atomic E-state index is 8.13. The van der Waals surface area contributed by atoms with Crippen LogP contribution in [0, 0.1) is 0 Å². The first-order chi connectivity index (χ1) is 3.81. The smallest absolute Gasteiger partial charge is 0.0953 e. The molecule has 0 spiro atoms. The first-order valence-corrected chi connectivity index (χ1v) is 2.15. The first-order valence-electron chi connectivity index (χ1n) is 2.15. The van der Waals surface area contributed by atoms with Gasteiger partial charge in [0.1, 0.15) is 0 Å². The number of aliphatic hydroxyl groups excluding tert-OH is 2. The fourth-order valence-electron chi connectivity index (χ4n) is 0.260. The summed E-state index contributed by atoms with van der Waals surface area (Å²) in [6.45, 7) is 0. The van der Waals surface area contributed by atoms with Gasteiger partial charge in [-0.25, -0.2) is 0 Å². The zero-order valence-corrected chi connectivity index (χ0v) is 4.65. The van der Waals surface area contributed by atoms with Crippen molar-refractivity contribution >= 4 is 0 Å². The summed E-state index contributed by atoms with van der Waals surface area (Å²) in [5.74, 6) is 0. The van der Waals surface area contributed by atoms with Gasteiger partial charge in [0, 0.05) is 19.4 Å². The Morgan fingerprint density at radius 2 is 1.50 bits per heavy atom. The van der Waals surface area contributed by atoms with Crippen molar-refractivity contribution in [3.05, 3.63) is 24.9 Å². The van der Waals surface area contributed by atoms with E-state index in [1.807, 2.05) is 0 Å². The third-order valence-corrected chi connectivity index (χ3v) is 0.604. The van der Waals surface area contributed by atoms with Gasteiger partial charge in [-0.15, -0.1) is 0 Å². The third-order valence-electron chi connectivity index (χ3n) is 0.604. The molecule has 0 atom stereocenters. The Kier molecular flexibility index (Phi) is 3.48. The van der Waals surface area contributed by atoms with Crippen molar-refractivity contribution in [2.75, 3.05) is 7.05 Å². The van der Waals surface area contributed by atoms with Crippen LogP contribution in [0.25, 0.3) is 0 Å². The Labute approximate surface area is 48.2 Å². The fraction of sp³-hybridized carbons (Fsp3) is 0.200. The minimum Gasteiger partial charge on any atom is -0.514 e. The lowest BCUT2D eigenvalue weighted by molar-refractivity contribution is 0.438. The molecule has 0 aliphatic rings. The predicted molar refractivity (Wildman–Crippen MR) is 31.3 cm³/mol. The Balaban J connectivity index is 3.47. The summed E-state index contributed by atoms with van der Waals surface area (Å²) in [5.41, 5.74) is 0. The Morgan fingerprint density at radius 3 is 1.75 bits per heavy atom. The van der Waals surface area contributed by atoms with Crippen LogP contribution in [0.3, 0.4) is 0 Å². The molecule has 0 bridgehead atoms. The molecular weight excluding hydrogens is 106 g/mol. The van der Waals surface area contributed by atoms with Crippen LogP contribution in [0.2, 0.25) is 0 Å². The summed E-state index contributed by atoms with van der Waals surface area (Å²) in [6, 6.07) is 0. The molecule has 0 aliphatic carbocycles. The number of hydrogen-bond donors (Lipinski definition) is 2. The summed E-state index contributed by atoms with van der Waals surface area (Å²) in [6.07, 6.45) is 4.57. The van der Waals surface area contributed by atoms with Crippen LogP contribution in [0.15, 0.2) is 24.9 Å². The van der Waals surface area contributed by atoms with E-state index >= 15 is 0 Å². The van der Waals surface area contributed by atoms with Crippen molar-refractivity contribution in [1.29, 1.82) is 0 Å². The van der Waals surface area contributed by atoms with Gasteiger partial charge < -0.3 is 15.1 Å². The lowest BCUT2D eigenvalue weighted by Gasteiger charge is -2.01. The largest absolute Gasteiger partial charge is 0.514 e. The summed E-state index contributed by atoms with van der Waals surface area (Å²) >= 11 is 0. The highest BCUT2D eigenvalue weighted by atomic mass is 16.2. The summed E-state index contributed by atoms with van der Waals surface area (Å²) in [7, 11) is 1.68. The minimum absolute atomic E-state index is 0.889. The first kappa shape index (κ1) is 6.88. The lowest BCUT2D eigenvalue weighted by atomic mass is 10.7. The molecule has 0 unspecified atom stereocenters. The van der Waals surface area contributed by atoms with Crippen molar-refractivity contribution < 1.29 is 10.2 Å². The fourth-order valence-corrected chi connectivity index (χ4v) is 0.260. The van der Waals surface area contributed by atoms with E-state index in [1.54, 1.807) is 7.05 Å². The second-order valence-corrected chi connectivity index (χ2v) is 1.26. The van der Waals surface area contributed by atoms with Gasteiger partial charge in [-0.05, 0) is 0 Å². The molecule has 0 aromatic heterocycles. The number of aliphatic hydroxyl groups is 2. The van der Waals surface area contributed by atoms with Gasteiger partial charge in [0.15, 0.2) is 0 Å². The second kappa shape index (κ2) is 4.05. The van der Waals surface area contributed by atoms with Crippen molar-refractivity contribution in [2.45, 2.75) is 0 Å². The molecular formula is C5H9NO2. The van der Waals surface area contributed by atoms with E-state index in [4.69, 9.17) is 10.2 Å². The lowest BCUT2D eigenvalue weighted by Crippen LogP contribution is -1.98. The molecule has 3 nitrogen and oxygen atoms in total. The van der Waals surface area contributed by atoms with Crippen molar-refractivity contribution in [3.8, 4) is 0 Å². The molecule has 0 saturated heterocycles. The maximum absolute atomic E-state index is 8.13. The van der Waals surface area contributed by atoms with Crippen LogP contribution in [-0.2, 0) is 0 Å². The van der Waals surface area contributed by atoms with E-state index in [0.29, 0.717) is 0 Å². The van der Waals surface area contributed by atoms with Gasteiger partial charge >= 0.3 is 0 Å².